The maximum Gasteiger partial charge on any atom is 0.409 e. The summed E-state index contributed by atoms with van der Waals surface area (Å²) in [5, 5.41) is 11.1. The topological polar surface area (TPSA) is 68.7 Å². The van der Waals surface area contributed by atoms with Gasteiger partial charge in [0.25, 0.3) is 0 Å². The van der Waals surface area contributed by atoms with Crippen molar-refractivity contribution in [3.8, 4) is 0 Å². The molecule has 1 saturated heterocycles. The van der Waals surface area contributed by atoms with Gasteiger partial charge in [-0.2, -0.15) is 0 Å². The van der Waals surface area contributed by atoms with Crippen molar-refractivity contribution in [2.75, 3.05) is 36.4 Å². The summed E-state index contributed by atoms with van der Waals surface area (Å²) in [5.41, 5.74) is 0.559. The molecule has 1 amide bonds. The van der Waals surface area contributed by atoms with Crippen LogP contribution in [0.3, 0.4) is 0 Å². The fourth-order valence-corrected chi connectivity index (χ4v) is 3.57. The molecule has 6 nitrogen and oxygen atoms in total. The summed E-state index contributed by atoms with van der Waals surface area (Å²) in [6.45, 7) is 10.6. The quantitative estimate of drug-likeness (QED) is 0.839. The third-order valence-electron chi connectivity index (χ3n) is 5.26. The molecule has 146 valence electrons. The van der Waals surface area contributed by atoms with Gasteiger partial charge in [-0.1, -0.05) is 39.0 Å². The second-order valence-corrected chi connectivity index (χ2v) is 7.69. The number of nitrogens with zero attached hydrogens (tertiary/aromatic N) is 3. The molecule has 2 aliphatic rings. The lowest BCUT2D eigenvalue weighted by atomic mass is 9.91. The first-order valence-corrected chi connectivity index (χ1v) is 9.90. The van der Waals surface area contributed by atoms with E-state index >= 15 is 0 Å². The molecular weight excluding hydrogens is 328 g/mol. The average molecular weight is 363 g/mol. The molecule has 1 saturated carbocycles. The Morgan fingerprint density at radius 2 is 1.85 bits per heavy atom. The molecule has 6 heteroatoms. The Balaban J connectivity index is 0.000000290. The molecule has 1 aromatic heterocycles. The molecule has 1 aliphatic heterocycles. The molecule has 2 N–H and O–H groups in total. The molecule has 1 aliphatic carbocycles. The Morgan fingerprint density at radius 3 is 2.35 bits per heavy atom. The summed E-state index contributed by atoms with van der Waals surface area (Å²) in [4.78, 5) is 19.6. The number of hydrogen-bond donors (Lipinski definition) is 2. The van der Waals surface area contributed by atoms with E-state index in [9.17, 15) is 4.79 Å². The van der Waals surface area contributed by atoms with Crippen LogP contribution < -0.4 is 10.2 Å². The minimum absolute atomic E-state index is 0.559. The van der Waals surface area contributed by atoms with Crippen molar-refractivity contribution in [2.24, 2.45) is 5.92 Å². The Hall–Kier alpha value is -1.82. The van der Waals surface area contributed by atoms with Crippen LogP contribution in [0, 0.1) is 5.92 Å². The third-order valence-corrected chi connectivity index (χ3v) is 5.26. The second kappa shape index (κ2) is 10.4. The highest BCUT2D eigenvalue weighted by Gasteiger charge is 2.19. The van der Waals surface area contributed by atoms with Gasteiger partial charge >= 0.3 is 6.09 Å². The van der Waals surface area contributed by atoms with Gasteiger partial charge in [0.1, 0.15) is 5.82 Å². The van der Waals surface area contributed by atoms with Crippen LogP contribution in [0.4, 0.5) is 16.3 Å². The Bertz CT molecular complexity index is 550. The normalized spacial score (nSPS) is 19.0. The van der Waals surface area contributed by atoms with Crippen LogP contribution in [0.15, 0.2) is 18.3 Å². The van der Waals surface area contributed by atoms with Crippen molar-refractivity contribution < 1.29 is 9.90 Å². The Labute approximate surface area is 157 Å². The third kappa shape index (κ3) is 6.83. The molecule has 26 heavy (non-hydrogen) atoms. The van der Waals surface area contributed by atoms with Crippen molar-refractivity contribution in [1.29, 1.82) is 0 Å². The fraction of sp³-hybridized carbons (Fsp3) is 0.700. The molecule has 1 aromatic rings. The van der Waals surface area contributed by atoms with Crippen LogP contribution in [0.2, 0.25) is 0 Å². The van der Waals surface area contributed by atoms with Gasteiger partial charge in [-0.15, -0.1) is 0 Å². The SMILES string of the molecule is CC(C)N1CCN(c2cc(NC(=O)O)ccn2)CC1.CC1CCCCC1. The van der Waals surface area contributed by atoms with Crippen LogP contribution in [0.25, 0.3) is 0 Å². The molecule has 3 rings (SSSR count). The zero-order valence-corrected chi connectivity index (χ0v) is 16.4. The van der Waals surface area contributed by atoms with Crippen LogP contribution >= 0.6 is 0 Å². The largest absolute Gasteiger partial charge is 0.465 e. The molecule has 0 radical (unpaired) electrons. The zero-order valence-electron chi connectivity index (χ0n) is 16.4. The van der Waals surface area contributed by atoms with Crippen LogP contribution in [0.5, 0.6) is 0 Å². The van der Waals surface area contributed by atoms with Crippen molar-refractivity contribution >= 4 is 17.6 Å². The van der Waals surface area contributed by atoms with Crippen molar-refractivity contribution in [2.45, 2.75) is 58.9 Å². The molecule has 2 fully saturated rings. The number of rotatable bonds is 3. The van der Waals surface area contributed by atoms with E-state index in [4.69, 9.17) is 5.11 Å². The number of hydrogen-bond acceptors (Lipinski definition) is 4. The van der Waals surface area contributed by atoms with Gasteiger partial charge in [0, 0.05) is 50.2 Å². The minimum Gasteiger partial charge on any atom is -0.465 e. The summed E-state index contributed by atoms with van der Waals surface area (Å²) in [6.07, 6.45) is 8.02. The highest BCUT2D eigenvalue weighted by molar-refractivity contribution is 5.83. The van der Waals surface area contributed by atoms with Crippen LogP contribution in [-0.4, -0.2) is 53.3 Å². The maximum absolute atomic E-state index is 10.6. The van der Waals surface area contributed by atoms with Gasteiger partial charge in [0.15, 0.2) is 0 Å². The summed E-state index contributed by atoms with van der Waals surface area (Å²) >= 11 is 0. The maximum atomic E-state index is 10.6. The van der Waals surface area contributed by atoms with E-state index in [2.05, 4.69) is 40.9 Å². The van der Waals surface area contributed by atoms with E-state index in [-0.39, 0.29) is 0 Å². The van der Waals surface area contributed by atoms with Crippen LogP contribution in [-0.2, 0) is 0 Å². The number of amides is 1. The molecule has 0 aromatic carbocycles. The van der Waals surface area contributed by atoms with Gasteiger partial charge in [0.05, 0.1) is 0 Å². The zero-order chi connectivity index (χ0) is 18.9. The fourth-order valence-electron chi connectivity index (χ4n) is 3.57. The number of carbonyl (C=O) groups is 1. The first-order valence-electron chi connectivity index (χ1n) is 9.90. The molecule has 0 spiro atoms. The molecule has 0 atom stereocenters. The van der Waals surface area contributed by atoms with Gasteiger partial charge in [-0.25, -0.2) is 9.78 Å². The lowest BCUT2D eigenvalue weighted by molar-refractivity contribution is 0.208. The smallest absolute Gasteiger partial charge is 0.409 e. The van der Waals surface area contributed by atoms with E-state index in [0.29, 0.717) is 11.7 Å². The number of aromatic nitrogens is 1. The van der Waals surface area contributed by atoms with E-state index in [1.165, 1.54) is 32.1 Å². The lowest BCUT2D eigenvalue weighted by Crippen LogP contribution is -2.49. The molecule has 2 heterocycles. The number of piperazine rings is 1. The van der Waals surface area contributed by atoms with E-state index < -0.39 is 6.09 Å². The van der Waals surface area contributed by atoms with Gasteiger partial charge in [0.2, 0.25) is 0 Å². The number of carboxylic acid groups (broad SMARTS) is 1. The van der Waals surface area contributed by atoms with Crippen molar-refractivity contribution in [1.82, 2.24) is 9.88 Å². The molecule has 0 bridgehead atoms. The number of anilines is 2. The predicted octanol–water partition coefficient (Wildman–Crippen LogP) is 4.29. The second-order valence-electron chi connectivity index (χ2n) is 7.69. The molecular formula is C20H34N4O2. The van der Waals surface area contributed by atoms with Gasteiger partial charge in [-0.05, 0) is 25.8 Å². The predicted molar refractivity (Wildman–Crippen MR) is 107 cm³/mol. The summed E-state index contributed by atoms with van der Waals surface area (Å²) in [6, 6.07) is 4.00. The number of nitrogens with one attached hydrogen (secondary N) is 1. The summed E-state index contributed by atoms with van der Waals surface area (Å²) < 4.78 is 0. The number of pyridine rings is 1. The van der Waals surface area contributed by atoms with E-state index in [1.807, 2.05) is 0 Å². The Morgan fingerprint density at radius 1 is 1.19 bits per heavy atom. The summed E-state index contributed by atoms with van der Waals surface area (Å²) in [5.74, 6) is 1.86. The lowest BCUT2D eigenvalue weighted by Gasteiger charge is -2.37. The first-order chi connectivity index (χ1) is 12.5. The standard InChI is InChI=1S/C13H20N4O2.C7H14/c1-10(2)16-5-7-17(8-6-16)12-9-11(3-4-14-12)15-13(18)19;1-7-5-3-2-4-6-7/h3-4,9-10H,5-8H2,1-2H3,(H,14,15)(H,18,19);7H,2-6H2,1H3. The minimum atomic E-state index is -1.05. The Kier molecular flexibility index (Phi) is 8.16. The van der Waals surface area contributed by atoms with Crippen molar-refractivity contribution in [3.05, 3.63) is 18.3 Å². The highest BCUT2D eigenvalue weighted by Crippen LogP contribution is 2.22. The monoisotopic (exact) mass is 362 g/mol. The van der Waals surface area contributed by atoms with E-state index in [1.54, 1.807) is 18.3 Å². The van der Waals surface area contributed by atoms with Crippen molar-refractivity contribution in [3.63, 3.8) is 0 Å². The molecule has 0 unspecified atom stereocenters. The van der Waals surface area contributed by atoms with E-state index in [0.717, 1.165) is 37.9 Å². The summed E-state index contributed by atoms with van der Waals surface area (Å²) in [7, 11) is 0. The van der Waals surface area contributed by atoms with Crippen LogP contribution in [0.1, 0.15) is 52.9 Å². The highest BCUT2D eigenvalue weighted by atomic mass is 16.4. The first kappa shape index (κ1) is 20.5. The van der Waals surface area contributed by atoms with Gasteiger partial charge < -0.3 is 10.0 Å². The average Bonchev–Trinajstić information content (AvgIpc) is 2.63. The van der Waals surface area contributed by atoms with Gasteiger partial charge in [-0.3, -0.25) is 10.2 Å².